The number of hydrogen-bond acceptors (Lipinski definition) is 0. The van der Waals surface area contributed by atoms with E-state index in [1.807, 2.05) is 13.8 Å². The van der Waals surface area contributed by atoms with Crippen molar-refractivity contribution in [1.29, 1.82) is 0 Å². The molecule has 0 amide bonds. The molecule has 1 fully saturated rings. The van der Waals surface area contributed by atoms with Gasteiger partial charge in [-0.3, -0.25) is 0 Å². The first-order valence-corrected chi connectivity index (χ1v) is 6.74. The van der Waals surface area contributed by atoms with Gasteiger partial charge in [0, 0.05) is 0 Å². The van der Waals surface area contributed by atoms with E-state index >= 15 is 0 Å². The smallest absolute Gasteiger partial charge is 0.0383 e. The molecule has 0 aromatic rings. The molecule has 0 radical (unpaired) electrons. The molecule has 2 unspecified atom stereocenters. The normalized spacial score (nSPS) is 26.1. The van der Waals surface area contributed by atoms with E-state index in [1.165, 1.54) is 38.5 Å². The molecular weight excluding hydrogens is 168 g/mol. The van der Waals surface area contributed by atoms with Crippen LogP contribution in [0.3, 0.4) is 0 Å². The van der Waals surface area contributed by atoms with Crippen molar-refractivity contribution in [2.24, 2.45) is 17.8 Å². The van der Waals surface area contributed by atoms with Crippen LogP contribution in [0.1, 0.15) is 73.1 Å². The Morgan fingerprint density at radius 1 is 1.07 bits per heavy atom. The molecule has 1 aliphatic rings. The molecule has 1 saturated carbocycles. The summed E-state index contributed by atoms with van der Waals surface area (Å²) in [5.74, 6) is 3.06. The van der Waals surface area contributed by atoms with Crippen molar-refractivity contribution in [2.45, 2.75) is 73.1 Å². The molecule has 0 N–H and O–H groups in total. The van der Waals surface area contributed by atoms with Crippen LogP contribution in [0.2, 0.25) is 0 Å². The maximum atomic E-state index is 2.36. The van der Waals surface area contributed by atoms with Crippen LogP contribution in [-0.4, -0.2) is 0 Å². The van der Waals surface area contributed by atoms with E-state index in [1.54, 1.807) is 0 Å². The van der Waals surface area contributed by atoms with Gasteiger partial charge in [0.15, 0.2) is 0 Å². The first-order chi connectivity index (χ1) is 6.74. The average Bonchev–Trinajstić information content (AvgIpc) is 2.56. The molecule has 0 bridgehead atoms. The molecule has 0 heteroatoms. The molecule has 14 heavy (non-hydrogen) atoms. The molecule has 0 nitrogen and oxygen atoms in total. The van der Waals surface area contributed by atoms with Gasteiger partial charge in [0.1, 0.15) is 0 Å². The Bertz CT molecular complexity index is 115. The molecule has 0 heterocycles. The minimum absolute atomic E-state index is 0.910. The summed E-state index contributed by atoms with van der Waals surface area (Å²) in [6.07, 6.45) is 8.89. The summed E-state index contributed by atoms with van der Waals surface area (Å²) in [4.78, 5) is 0. The van der Waals surface area contributed by atoms with Gasteiger partial charge in [-0.05, 0) is 24.2 Å². The molecule has 0 aromatic carbocycles. The van der Waals surface area contributed by atoms with Gasteiger partial charge in [-0.2, -0.15) is 0 Å². The Morgan fingerprint density at radius 2 is 1.64 bits per heavy atom. The maximum Gasteiger partial charge on any atom is -0.0383 e. The molecular formula is C14H30. The van der Waals surface area contributed by atoms with E-state index in [9.17, 15) is 0 Å². The van der Waals surface area contributed by atoms with Crippen LogP contribution in [0, 0.1) is 17.8 Å². The first-order valence-electron chi connectivity index (χ1n) is 6.74. The third-order valence-electron chi connectivity index (χ3n) is 3.25. The maximum absolute atomic E-state index is 2.36. The quantitative estimate of drug-likeness (QED) is 0.577. The third-order valence-corrected chi connectivity index (χ3v) is 3.25. The summed E-state index contributed by atoms with van der Waals surface area (Å²) < 4.78 is 0. The van der Waals surface area contributed by atoms with Crippen molar-refractivity contribution in [3.63, 3.8) is 0 Å². The summed E-state index contributed by atoms with van der Waals surface area (Å²) in [5.41, 5.74) is 0. The highest BCUT2D eigenvalue weighted by Gasteiger charge is 2.26. The Balaban J connectivity index is 0.000000791. The highest BCUT2D eigenvalue weighted by molar-refractivity contribution is 4.77. The van der Waals surface area contributed by atoms with Crippen LogP contribution < -0.4 is 0 Å². The summed E-state index contributed by atoms with van der Waals surface area (Å²) >= 11 is 0. The van der Waals surface area contributed by atoms with Crippen molar-refractivity contribution in [1.82, 2.24) is 0 Å². The van der Waals surface area contributed by atoms with Gasteiger partial charge in [0.05, 0.1) is 0 Å². The largest absolute Gasteiger partial charge is 0.0683 e. The zero-order chi connectivity index (χ0) is 11.0. The lowest BCUT2D eigenvalue weighted by Crippen LogP contribution is -2.10. The predicted octanol–water partition coefficient (Wildman–Crippen LogP) is 5.28. The molecule has 0 spiro atoms. The van der Waals surface area contributed by atoms with Crippen LogP contribution in [0.4, 0.5) is 0 Å². The van der Waals surface area contributed by atoms with Crippen molar-refractivity contribution in [2.75, 3.05) is 0 Å². The molecule has 86 valence electrons. The predicted molar refractivity (Wildman–Crippen MR) is 66.5 cm³/mol. The molecule has 1 aliphatic carbocycles. The van der Waals surface area contributed by atoms with Crippen molar-refractivity contribution in [3.05, 3.63) is 0 Å². The van der Waals surface area contributed by atoms with Gasteiger partial charge < -0.3 is 0 Å². The van der Waals surface area contributed by atoms with Crippen LogP contribution in [-0.2, 0) is 0 Å². The molecule has 2 atom stereocenters. The summed E-state index contributed by atoms with van der Waals surface area (Å²) in [6, 6.07) is 0. The fourth-order valence-electron chi connectivity index (χ4n) is 2.78. The summed E-state index contributed by atoms with van der Waals surface area (Å²) in [6.45, 7) is 11.0. The highest BCUT2D eigenvalue weighted by atomic mass is 14.3. The molecule has 0 aliphatic heterocycles. The van der Waals surface area contributed by atoms with Crippen molar-refractivity contribution >= 4 is 0 Å². The van der Waals surface area contributed by atoms with E-state index in [0.29, 0.717) is 0 Å². The molecule has 1 rings (SSSR count). The lowest BCUT2D eigenvalue weighted by molar-refractivity contribution is 0.306. The second kappa shape index (κ2) is 8.32. The van der Waals surface area contributed by atoms with Gasteiger partial charge in [0.25, 0.3) is 0 Å². The fraction of sp³-hybridized carbons (Fsp3) is 1.00. The van der Waals surface area contributed by atoms with E-state index < -0.39 is 0 Å². The minimum Gasteiger partial charge on any atom is -0.0683 e. The molecule has 0 saturated heterocycles. The zero-order valence-corrected chi connectivity index (χ0v) is 11.0. The minimum atomic E-state index is 0.910. The second-order valence-electron chi connectivity index (χ2n) is 4.87. The zero-order valence-electron chi connectivity index (χ0n) is 11.0. The topological polar surface area (TPSA) is 0 Å². The standard InChI is InChI=1S/C12H24.C2H6/c1-4-6-11-7-5-8-12(11)9-10(2)3;1-2/h10-12H,4-9H2,1-3H3;1-2H3. The van der Waals surface area contributed by atoms with E-state index in [-0.39, 0.29) is 0 Å². The van der Waals surface area contributed by atoms with E-state index in [4.69, 9.17) is 0 Å². The fourth-order valence-corrected chi connectivity index (χ4v) is 2.78. The Morgan fingerprint density at radius 3 is 2.14 bits per heavy atom. The van der Waals surface area contributed by atoms with Gasteiger partial charge in [-0.25, -0.2) is 0 Å². The lowest BCUT2D eigenvalue weighted by atomic mass is 9.86. The van der Waals surface area contributed by atoms with Gasteiger partial charge in [-0.15, -0.1) is 0 Å². The van der Waals surface area contributed by atoms with Gasteiger partial charge in [0.2, 0.25) is 0 Å². The Labute approximate surface area is 91.5 Å². The Kier molecular flexibility index (Phi) is 8.32. The van der Waals surface area contributed by atoms with Crippen molar-refractivity contribution in [3.8, 4) is 0 Å². The summed E-state index contributed by atoms with van der Waals surface area (Å²) in [7, 11) is 0. The third kappa shape index (κ3) is 5.02. The van der Waals surface area contributed by atoms with E-state index in [2.05, 4.69) is 20.8 Å². The van der Waals surface area contributed by atoms with Gasteiger partial charge >= 0.3 is 0 Å². The van der Waals surface area contributed by atoms with Crippen LogP contribution in [0.25, 0.3) is 0 Å². The highest BCUT2D eigenvalue weighted by Crippen LogP contribution is 2.38. The van der Waals surface area contributed by atoms with Crippen LogP contribution >= 0.6 is 0 Å². The first kappa shape index (κ1) is 14.0. The lowest BCUT2D eigenvalue weighted by Gasteiger charge is -2.20. The van der Waals surface area contributed by atoms with Crippen LogP contribution in [0.5, 0.6) is 0 Å². The van der Waals surface area contributed by atoms with E-state index in [0.717, 1.165) is 17.8 Å². The SMILES string of the molecule is CC.CCCC1CCCC1CC(C)C. The van der Waals surface area contributed by atoms with Gasteiger partial charge in [-0.1, -0.05) is 66.7 Å². The number of hydrogen-bond donors (Lipinski definition) is 0. The Hall–Kier alpha value is 0. The summed E-state index contributed by atoms with van der Waals surface area (Å²) in [5, 5.41) is 0. The second-order valence-corrected chi connectivity index (χ2v) is 4.87. The monoisotopic (exact) mass is 198 g/mol. The molecule has 0 aromatic heterocycles. The number of rotatable bonds is 4. The van der Waals surface area contributed by atoms with Crippen molar-refractivity contribution < 1.29 is 0 Å². The average molecular weight is 198 g/mol. The van der Waals surface area contributed by atoms with Crippen LogP contribution in [0.15, 0.2) is 0 Å².